The molecule has 0 aromatic rings. The smallest absolute Gasteiger partial charge is 0.325 e. The molecule has 32 heavy (non-hydrogen) atoms. The number of hydrogen-bond acceptors (Lipinski definition) is 9. The van der Waals surface area contributed by atoms with E-state index in [4.69, 9.17) is 25.2 Å². The van der Waals surface area contributed by atoms with Crippen molar-refractivity contribution in [3.8, 4) is 0 Å². The third kappa shape index (κ3) is 14.9. The van der Waals surface area contributed by atoms with Crippen LogP contribution in [-0.2, 0) is 28.7 Å². The van der Waals surface area contributed by atoms with Gasteiger partial charge in [0.15, 0.2) is 0 Å². The SMILES string of the molecule is CC(C)=C(C)OC(=O)CN(CCN(CCN(CC(=O)O)CC(=O)O)CC(=O)O)CC(=O)O. The number of rotatable bonds is 17. The Balaban J connectivity index is 5.09. The van der Waals surface area contributed by atoms with E-state index in [-0.39, 0.29) is 32.7 Å². The van der Waals surface area contributed by atoms with Gasteiger partial charge in [0.05, 0.1) is 32.7 Å². The Labute approximate surface area is 185 Å². The second-order valence-electron chi connectivity index (χ2n) is 7.30. The summed E-state index contributed by atoms with van der Waals surface area (Å²) in [4.78, 5) is 60.0. The first-order valence-electron chi connectivity index (χ1n) is 9.69. The Bertz CT molecular complexity index is 702. The van der Waals surface area contributed by atoms with Gasteiger partial charge in [-0.2, -0.15) is 0 Å². The van der Waals surface area contributed by atoms with Gasteiger partial charge in [0.2, 0.25) is 0 Å². The fourth-order valence-electron chi connectivity index (χ4n) is 2.52. The zero-order chi connectivity index (χ0) is 24.8. The lowest BCUT2D eigenvalue weighted by Crippen LogP contribution is -2.45. The molecule has 0 aliphatic carbocycles. The topological polar surface area (TPSA) is 185 Å². The summed E-state index contributed by atoms with van der Waals surface area (Å²) in [5, 5.41) is 36.0. The normalized spacial score (nSPS) is 10.9. The minimum absolute atomic E-state index is 0.0143. The van der Waals surface area contributed by atoms with Crippen LogP contribution in [0.25, 0.3) is 0 Å². The first-order valence-corrected chi connectivity index (χ1v) is 9.69. The molecule has 0 rings (SSSR count). The molecule has 0 radical (unpaired) electrons. The van der Waals surface area contributed by atoms with Gasteiger partial charge in [-0.15, -0.1) is 0 Å². The van der Waals surface area contributed by atoms with Crippen molar-refractivity contribution in [3.63, 3.8) is 0 Å². The highest BCUT2D eigenvalue weighted by molar-refractivity contribution is 5.75. The van der Waals surface area contributed by atoms with Crippen molar-refractivity contribution in [2.24, 2.45) is 0 Å². The Morgan fingerprint density at radius 2 is 0.875 bits per heavy atom. The molecule has 13 heteroatoms. The molecule has 0 aromatic heterocycles. The zero-order valence-corrected chi connectivity index (χ0v) is 18.4. The average molecular weight is 461 g/mol. The van der Waals surface area contributed by atoms with E-state index in [1.54, 1.807) is 20.8 Å². The molecule has 4 N–H and O–H groups in total. The molecule has 0 aliphatic rings. The van der Waals surface area contributed by atoms with Gasteiger partial charge in [-0.1, -0.05) is 0 Å². The van der Waals surface area contributed by atoms with Crippen LogP contribution in [0.4, 0.5) is 0 Å². The summed E-state index contributed by atoms with van der Waals surface area (Å²) in [6.45, 7) is 2.83. The van der Waals surface area contributed by atoms with Crippen molar-refractivity contribution >= 4 is 29.8 Å². The van der Waals surface area contributed by atoms with E-state index in [0.717, 1.165) is 10.5 Å². The van der Waals surface area contributed by atoms with E-state index in [1.807, 2.05) is 0 Å². The van der Waals surface area contributed by atoms with Gasteiger partial charge in [0.25, 0.3) is 0 Å². The number of carboxylic acids is 4. The minimum atomic E-state index is -1.23. The molecule has 0 saturated carbocycles. The van der Waals surface area contributed by atoms with Gasteiger partial charge in [0, 0.05) is 26.2 Å². The Hall–Kier alpha value is -3.03. The van der Waals surface area contributed by atoms with Crippen molar-refractivity contribution in [3.05, 3.63) is 11.3 Å². The largest absolute Gasteiger partial charge is 0.480 e. The molecular formula is C19H31N3O10. The molecule has 0 bridgehead atoms. The lowest BCUT2D eigenvalue weighted by molar-refractivity contribution is -0.144. The quantitative estimate of drug-likeness (QED) is 0.154. The summed E-state index contributed by atoms with van der Waals surface area (Å²) < 4.78 is 5.13. The standard InChI is InChI=1S/C19H31N3O10/c1-13(2)14(3)32-19(31)12-22(11-18(29)30)7-5-20(8-15(23)24)4-6-21(9-16(25)26)10-17(27)28/h4-12H2,1-3H3,(H,23,24)(H,25,26)(H,27,28)(H,29,30). The Morgan fingerprint density at radius 3 is 1.22 bits per heavy atom. The van der Waals surface area contributed by atoms with E-state index in [2.05, 4.69) is 0 Å². The van der Waals surface area contributed by atoms with Crippen LogP contribution in [-0.4, -0.2) is 124 Å². The number of ether oxygens (including phenoxy) is 1. The van der Waals surface area contributed by atoms with Gasteiger partial charge in [-0.3, -0.25) is 38.7 Å². The number of allylic oxidation sites excluding steroid dienone is 2. The molecule has 0 heterocycles. The first kappa shape index (κ1) is 29.0. The van der Waals surface area contributed by atoms with Crippen molar-refractivity contribution in [1.82, 2.24) is 14.7 Å². The maximum absolute atomic E-state index is 12.1. The number of esters is 1. The molecule has 13 nitrogen and oxygen atoms in total. The summed E-state index contributed by atoms with van der Waals surface area (Å²) >= 11 is 0. The number of carbonyl (C=O) groups excluding carboxylic acids is 1. The van der Waals surface area contributed by atoms with Crippen LogP contribution < -0.4 is 0 Å². The predicted molar refractivity (Wildman–Crippen MR) is 110 cm³/mol. The molecule has 0 aromatic carbocycles. The predicted octanol–water partition coefficient (Wildman–Crippen LogP) is -0.912. The fraction of sp³-hybridized carbons (Fsp3) is 0.632. The number of aliphatic carboxylic acids is 4. The highest BCUT2D eigenvalue weighted by Crippen LogP contribution is 2.05. The van der Waals surface area contributed by atoms with E-state index < -0.39 is 56.0 Å². The third-order valence-electron chi connectivity index (χ3n) is 4.22. The maximum Gasteiger partial charge on any atom is 0.325 e. The third-order valence-corrected chi connectivity index (χ3v) is 4.22. The highest BCUT2D eigenvalue weighted by Gasteiger charge is 2.20. The molecule has 182 valence electrons. The molecule has 0 atom stereocenters. The number of carboxylic acid groups (broad SMARTS) is 4. The number of carbonyl (C=O) groups is 5. The van der Waals surface area contributed by atoms with E-state index in [9.17, 15) is 24.0 Å². The first-order chi connectivity index (χ1) is 14.8. The van der Waals surface area contributed by atoms with Gasteiger partial charge in [0.1, 0.15) is 5.76 Å². The zero-order valence-electron chi connectivity index (χ0n) is 18.4. The lowest BCUT2D eigenvalue weighted by atomic mass is 10.3. The lowest BCUT2D eigenvalue weighted by Gasteiger charge is -2.27. The Morgan fingerprint density at radius 1 is 0.562 bits per heavy atom. The van der Waals surface area contributed by atoms with E-state index in [0.29, 0.717) is 5.76 Å². The van der Waals surface area contributed by atoms with E-state index in [1.165, 1.54) is 9.80 Å². The molecule has 0 spiro atoms. The van der Waals surface area contributed by atoms with Crippen LogP contribution in [0.5, 0.6) is 0 Å². The average Bonchev–Trinajstić information content (AvgIpc) is 2.61. The van der Waals surface area contributed by atoms with Crippen LogP contribution in [0.2, 0.25) is 0 Å². The van der Waals surface area contributed by atoms with Crippen LogP contribution in [0.15, 0.2) is 11.3 Å². The monoisotopic (exact) mass is 461 g/mol. The summed E-state index contributed by atoms with van der Waals surface area (Å²) in [5.74, 6) is -5.08. The van der Waals surface area contributed by atoms with Crippen LogP contribution in [0, 0.1) is 0 Å². The second-order valence-corrected chi connectivity index (χ2v) is 7.30. The summed E-state index contributed by atoms with van der Waals surface area (Å²) in [7, 11) is 0. The van der Waals surface area contributed by atoms with Crippen LogP contribution in [0.3, 0.4) is 0 Å². The minimum Gasteiger partial charge on any atom is -0.480 e. The number of hydrogen-bond donors (Lipinski definition) is 4. The second kappa shape index (κ2) is 14.9. The maximum atomic E-state index is 12.1. The van der Waals surface area contributed by atoms with Gasteiger partial charge >= 0.3 is 29.8 Å². The van der Waals surface area contributed by atoms with Gasteiger partial charge in [-0.05, 0) is 26.3 Å². The van der Waals surface area contributed by atoms with E-state index >= 15 is 0 Å². The fourth-order valence-corrected chi connectivity index (χ4v) is 2.52. The van der Waals surface area contributed by atoms with Crippen molar-refractivity contribution in [2.45, 2.75) is 20.8 Å². The molecule has 0 unspecified atom stereocenters. The summed E-state index contributed by atoms with van der Waals surface area (Å²) in [5.41, 5.74) is 0.781. The van der Waals surface area contributed by atoms with Crippen molar-refractivity contribution < 1.29 is 49.1 Å². The number of nitrogens with zero attached hydrogens (tertiary/aromatic N) is 3. The molecule has 0 aliphatic heterocycles. The summed E-state index contributed by atoms with van der Waals surface area (Å²) in [6, 6.07) is 0. The molecule has 0 fully saturated rings. The Kier molecular flexibility index (Phi) is 13.5. The molecular weight excluding hydrogens is 430 g/mol. The van der Waals surface area contributed by atoms with Crippen molar-refractivity contribution in [2.75, 3.05) is 58.9 Å². The van der Waals surface area contributed by atoms with Gasteiger partial charge in [-0.25, -0.2) is 0 Å². The van der Waals surface area contributed by atoms with Crippen LogP contribution >= 0.6 is 0 Å². The van der Waals surface area contributed by atoms with Gasteiger partial charge < -0.3 is 25.2 Å². The van der Waals surface area contributed by atoms with Crippen molar-refractivity contribution in [1.29, 1.82) is 0 Å². The molecule has 0 saturated heterocycles. The highest BCUT2D eigenvalue weighted by atomic mass is 16.5. The van der Waals surface area contributed by atoms with Crippen LogP contribution in [0.1, 0.15) is 20.8 Å². The molecule has 0 amide bonds. The summed E-state index contributed by atoms with van der Waals surface area (Å²) in [6.07, 6.45) is 0.